The van der Waals surface area contributed by atoms with Crippen LogP contribution in [0.5, 0.6) is 0 Å². The lowest BCUT2D eigenvalue weighted by molar-refractivity contribution is 0.184. The van der Waals surface area contributed by atoms with Gasteiger partial charge < -0.3 is 10.1 Å². The Labute approximate surface area is 104 Å². The maximum Gasteiger partial charge on any atom is 0.0715 e. The molecule has 1 aliphatic rings. The minimum absolute atomic E-state index is 0.738. The van der Waals surface area contributed by atoms with E-state index in [1.54, 1.807) is 7.11 Å². The number of hydrogen-bond donors (Lipinski definition) is 1. The third-order valence-electron chi connectivity index (χ3n) is 3.51. The topological polar surface area (TPSA) is 21.3 Å². The van der Waals surface area contributed by atoms with E-state index in [0.717, 1.165) is 25.0 Å². The molecule has 1 fully saturated rings. The van der Waals surface area contributed by atoms with Crippen molar-refractivity contribution in [1.82, 2.24) is 5.32 Å². The summed E-state index contributed by atoms with van der Waals surface area (Å²) in [4.78, 5) is 0. The van der Waals surface area contributed by atoms with Crippen molar-refractivity contribution in [2.75, 3.05) is 20.2 Å². The highest BCUT2D eigenvalue weighted by molar-refractivity contribution is 5.34. The van der Waals surface area contributed by atoms with E-state index in [1.807, 2.05) is 0 Å². The lowest BCUT2D eigenvalue weighted by atomic mass is 10.0. The molecule has 0 amide bonds. The Hall–Kier alpha value is -0.860. The van der Waals surface area contributed by atoms with Crippen molar-refractivity contribution < 1.29 is 4.74 Å². The molecule has 1 aromatic carbocycles. The highest BCUT2D eigenvalue weighted by atomic mass is 16.5. The van der Waals surface area contributed by atoms with Crippen LogP contribution in [0.2, 0.25) is 0 Å². The molecule has 0 aromatic heterocycles. The van der Waals surface area contributed by atoms with Gasteiger partial charge in [-0.25, -0.2) is 0 Å². The summed E-state index contributed by atoms with van der Waals surface area (Å²) < 4.78 is 5.26. The molecule has 0 heterocycles. The quantitative estimate of drug-likeness (QED) is 0.731. The Morgan fingerprint density at radius 1 is 1.35 bits per heavy atom. The molecule has 2 heteroatoms. The summed E-state index contributed by atoms with van der Waals surface area (Å²) in [6, 6.07) is 8.69. The molecule has 0 bridgehead atoms. The van der Waals surface area contributed by atoms with Gasteiger partial charge in [-0.1, -0.05) is 31.2 Å². The van der Waals surface area contributed by atoms with Crippen LogP contribution in [0, 0.1) is 5.92 Å². The molecule has 1 N–H and O–H groups in total. The summed E-state index contributed by atoms with van der Waals surface area (Å²) in [6.45, 7) is 5.26. The lowest BCUT2D eigenvalue weighted by Crippen LogP contribution is -2.18. The van der Waals surface area contributed by atoms with Gasteiger partial charge in [0.15, 0.2) is 0 Å². The van der Waals surface area contributed by atoms with Crippen molar-refractivity contribution in [2.45, 2.75) is 32.3 Å². The Bertz CT molecular complexity index is 351. The van der Waals surface area contributed by atoms with Gasteiger partial charge in [0.2, 0.25) is 0 Å². The van der Waals surface area contributed by atoms with Crippen LogP contribution >= 0.6 is 0 Å². The molecule has 0 saturated heterocycles. The maximum atomic E-state index is 5.26. The Morgan fingerprint density at radius 3 is 2.94 bits per heavy atom. The third kappa shape index (κ3) is 3.30. The monoisotopic (exact) mass is 233 g/mol. The van der Waals surface area contributed by atoms with Crippen molar-refractivity contribution in [1.29, 1.82) is 0 Å². The number of ether oxygens (including phenoxy) is 1. The van der Waals surface area contributed by atoms with Gasteiger partial charge in [-0.05, 0) is 48.9 Å². The second-order valence-electron chi connectivity index (χ2n) is 4.94. The smallest absolute Gasteiger partial charge is 0.0715 e. The van der Waals surface area contributed by atoms with Gasteiger partial charge in [0.25, 0.3) is 0 Å². The van der Waals surface area contributed by atoms with Gasteiger partial charge in [-0.15, -0.1) is 0 Å². The van der Waals surface area contributed by atoms with Crippen LogP contribution < -0.4 is 5.32 Å². The fourth-order valence-electron chi connectivity index (χ4n) is 2.50. The Kier molecular flexibility index (Phi) is 4.57. The number of methoxy groups -OCH3 is 1. The maximum absolute atomic E-state index is 5.26. The molecular weight excluding hydrogens is 210 g/mol. The molecule has 2 rings (SSSR count). The largest absolute Gasteiger partial charge is 0.380 e. The zero-order chi connectivity index (χ0) is 12.1. The van der Waals surface area contributed by atoms with Gasteiger partial charge in [-0.2, -0.15) is 0 Å². The summed E-state index contributed by atoms with van der Waals surface area (Å²) in [6.07, 6.45) is 2.55. The average molecular weight is 233 g/mol. The minimum Gasteiger partial charge on any atom is -0.380 e. The zero-order valence-corrected chi connectivity index (χ0v) is 10.9. The molecule has 94 valence electrons. The van der Waals surface area contributed by atoms with Crippen molar-refractivity contribution >= 4 is 0 Å². The molecule has 1 aliphatic carbocycles. The lowest BCUT2D eigenvalue weighted by Gasteiger charge is -2.08. The van der Waals surface area contributed by atoms with Crippen molar-refractivity contribution in [3.05, 3.63) is 35.4 Å². The van der Waals surface area contributed by atoms with Crippen LogP contribution in [-0.2, 0) is 11.3 Å². The van der Waals surface area contributed by atoms with E-state index in [-0.39, 0.29) is 0 Å². The summed E-state index contributed by atoms with van der Waals surface area (Å²) in [5, 5.41) is 3.52. The molecule has 2 nitrogen and oxygen atoms in total. The van der Waals surface area contributed by atoms with E-state index in [4.69, 9.17) is 4.74 Å². The zero-order valence-electron chi connectivity index (χ0n) is 10.9. The van der Waals surface area contributed by atoms with E-state index in [1.165, 1.54) is 30.5 Å². The highest BCUT2D eigenvalue weighted by Gasteiger charge is 2.38. The van der Waals surface area contributed by atoms with Crippen LogP contribution in [0.3, 0.4) is 0 Å². The standard InChI is InChI=1S/C15H23NO/c1-3-8-16-10-13-9-15(13)14-7-5-4-6-12(14)11-17-2/h4-7,13,15-16H,3,8-11H2,1-2H3. The van der Waals surface area contributed by atoms with Gasteiger partial charge in [0, 0.05) is 7.11 Å². The van der Waals surface area contributed by atoms with Gasteiger partial charge >= 0.3 is 0 Å². The predicted molar refractivity (Wildman–Crippen MR) is 71.2 cm³/mol. The SMILES string of the molecule is CCCNCC1CC1c1ccccc1COC. The van der Waals surface area contributed by atoms with Crippen LogP contribution in [0.1, 0.15) is 36.8 Å². The Morgan fingerprint density at radius 2 is 2.18 bits per heavy atom. The normalized spacial score (nSPS) is 22.7. The van der Waals surface area contributed by atoms with E-state index in [2.05, 4.69) is 36.5 Å². The number of benzene rings is 1. The average Bonchev–Trinajstić information content (AvgIpc) is 3.10. The van der Waals surface area contributed by atoms with Crippen LogP contribution in [-0.4, -0.2) is 20.2 Å². The molecule has 1 saturated carbocycles. The van der Waals surface area contributed by atoms with E-state index in [0.29, 0.717) is 0 Å². The van der Waals surface area contributed by atoms with Gasteiger partial charge in [0.05, 0.1) is 6.61 Å². The third-order valence-corrected chi connectivity index (χ3v) is 3.51. The first-order valence-corrected chi connectivity index (χ1v) is 6.64. The molecule has 1 aromatic rings. The van der Waals surface area contributed by atoms with Crippen molar-refractivity contribution in [3.63, 3.8) is 0 Å². The van der Waals surface area contributed by atoms with Gasteiger partial charge in [-0.3, -0.25) is 0 Å². The fraction of sp³-hybridized carbons (Fsp3) is 0.600. The second-order valence-corrected chi connectivity index (χ2v) is 4.94. The minimum atomic E-state index is 0.738. The summed E-state index contributed by atoms with van der Waals surface area (Å²) in [5.74, 6) is 1.59. The van der Waals surface area contributed by atoms with E-state index < -0.39 is 0 Å². The predicted octanol–water partition coefficient (Wildman–Crippen LogP) is 2.94. The number of rotatable bonds is 7. The molecule has 0 spiro atoms. The van der Waals surface area contributed by atoms with Crippen molar-refractivity contribution in [3.8, 4) is 0 Å². The number of nitrogens with one attached hydrogen (secondary N) is 1. The molecule has 2 atom stereocenters. The number of hydrogen-bond acceptors (Lipinski definition) is 2. The first-order valence-electron chi connectivity index (χ1n) is 6.64. The Balaban J connectivity index is 1.91. The van der Waals surface area contributed by atoms with Crippen LogP contribution in [0.4, 0.5) is 0 Å². The van der Waals surface area contributed by atoms with E-state index >= 15 is 0 Å². The molecule has 17 heavy (non-hydrogen) atoms. The summed E-state index contributed by atoms with van der Waals surface area (Å²) in [5.41, 5.74) is 2.86. The van der Waals surface area contributed by atoms with E-state index in [9.17, 15) is 0 Å². The highest BCUT2D eigenvalue weighted by Crippen LogP contribution is 2.48. The van der Waals surface area contributed by atoms with Crippen molar-refractivity contribution in [2.24, 2.45) is 5.92 Å². The second kappa shape index (κ2) is 6.18. The molecule has 2 unspecified atom stereocenters. The summed E-state index contributed by atoms with van der Waals surface area (Å²) in [7, 11) is 1.77. The van der Waals surface area contributed by atoms with Crippen LogP contribution in [0.25, 0.3) is 0 Å². The molecular formula is C15H23NO. The first-order chi connectivity index (χ1) is 8.36. The van der Waals surface area contributed by atoms with Gasteiger partial charge in [0.1, 0.15) is 0 Å². The summed E-state index contributed by atoms with van der Waals surface area (Å²) >= 11 is 0. The molecule has 0 aliphatic heterocycles. The first kappa shape index (κ1) is 12.6. The fourth-order valence-corrected chi connectivity index (χ4v) is 2.50. The van der Waals surface area contributed by atoms with Crippen LogP contribution in [0.15, 0.2) is 24.3 Å². The molecule has 0 radical (unpaired) electrons.